The van der Waals surface area contributed by atoms with E-state index in [0.717, 1.165) is 10.5 Å². The maximum atomic E-state index is 12.9. The molecular formula is C22H20N2O3S. The molecule has 142 valence electrons. The summed E-state index contributed by atoms with van der Waals surface area (Å²) in [4.78, 5) is 26.6. The molecule has 6 heteroatoms. The topological polar surface area (TPSA) is 71.3 Å². The normalized spacial score (nSPS) is 11.1. The first-order valence-corrected chi connectivity index (χ1v) is 9.87. The SMILES string of the molecule is CSc1ccccc1NC(=O)/C(=C/c1ccco1)NC(=O)c1ccccc1C. The molecule has 0 aliphatic rings. The maximum absolute atomic E-state index is 12.9. The van der Waals surface area contributed by atoms with E-state index in [1.165, 1.54) is 24.1 Å². The summed E-state index contributed by atoms with van der Waals surface area (Å²) in [6.45, 7) is 1.85. The fraction of sp³-hybridized carbons (Fsp3) is 0.0909. The Morgan fingerprint density at radius 1 is 1.00 bits per heavy atom. The van der Waals surface area contributed by atoms with Crippen molar-refractivity contribution in [2.24, 2.45) is 0 Å². The molecule has 1 heterocycles. The first-order chi connectivity index (χ1) is 13.6. The number of para-hydroxylation sites is 1. The fourth-order valence-corrected chi connectivity index (χ4v) is 3.18. The number of carbonyl (C=O) groups is 2. The van der Waals surface area contributed by atoms with E-state index in [0.29, 0.717) is 17.0 Å². The minimum absolute atomic E-state index is 0.0964. The molecule has 0 atom stereocenters. The van der Waals surface area contributed by atoms with Crippen LogP contribution < -0.4 is 10.6 Å². The van der Waals surface area contributed by atoms with Crippen molar-refractivity contribution in [3.8, 4) is 0 Å². The number of thioether (sulfide) groups is 1. The number of nitrogens with one attached hydrogen (secondary N) is 2. The second-order valence-electron chi connectivity index (χ2n) is 6.00. The molecule has 0 aliphatic heterocycles. The number of hydrogen-bond donors (Lipinski definition) is 2. The highest BCUT2D eigenvalue weighted by Gasteiger charge is 2.17. The van der Waals surface area contributed by atoms with E-state index < -0.39 is 5.91 Å². The van der Waals surface area contributed by atoms with Gasteiger partial charge in [0, 0.05) is 16.5 Å². The van der Waals surface area contributed by atoms with Crippen molar-refractivity contribution in [3.63, 3.8) is 0 Å². The van der Waals surface area contributed by atoms with Crippen molar-refractivity contribution in [1.82, 2.24) is 5.32 Å². The van der Waals surface area contributed by atoms with E-state index in [2.05, 4.69) is 10.6 Å². The number of carbonyl (C=O) groups excluding carboxylic acids is 2. The van der Waals surface area contributed by atoms with Gasteiger partial charge >= 0.3 is 0 Å². The van der Waals surface area contributed by atoms with Gasteiger partial charge in [0.2, 0.25) is 0 Å². The Morgan fingerprint density at radius 2 is 1.75 bits per heavy atom. The smallest absolute Gasteiger partial charge is 0.272 e. The number of furan rings is 1. The molecule has 5 nitrogen and oxygen atoms in total. The summed E-state index contributed by atoms with van der Waals surface area (Å²) in [5, 5.41) is 5.57. The average Bonchev–Trinajstić information content (AvgIpc) is 3.21. The number of amides is 2. The zero-order chi connectivity index (χ0) is 19.9. The van der Waals surface area contributed by atoms with Crippen LogP contribution in [-0.2, 0) is 4.79 Å². The van der Waals surface area contributed by atoms with Crippen molar-refractivity contribution in [2.75, 3.05) is 11.6 Å². The first kappa shape index (κ1) is 19.5. The van der Waals surface area contributed by atoms with E-state index >= 15 is 0 Å². The molecule has 0 unspecified atom stereocenters. The lowest BCUT2D eigenvalue weighted by atomic mass is 10.1. The van der Waals surface area contributed by atoms with Gasteiger partial charge in [-0.3, -0.25) is 9.59 Å². The van der Waals surface area contributed by atoms with Crippen molar-refractivity contribution in [1.29, 1.82) is 0 Å². The van der Waals surface area contributed by atoms with Crippen LogP contribution in [0.5, 0.6) is 0 Å². The first-order valence-electron chi connectivity index (χ1n) is 8.65. The third-order valence-corrected chi connectivity index (χ3v) is 4.86. The van der Waals surface area contributed by atoms with Crippen LogP contribution in [0.2, 0.25) is 0 Å². The Balaban J connectivity index is 1.88. The summed E-state index contributed by atoms with van der Waals surface area (Å²) < 4.78 is 5.31. The van der Waals surface area contributed by atoms with E-state index in [1.807, 2.05) is 49.6 Å². The predicted molar refractivity (Wildman–Crippen MR) is 112 cm³/mol. The molecule has 0 fully saturated rings. The second kappa shape index (κ2) is 9.10. The molecule has 0 aliphatic carbocycles. The lowest BCUT2D eigenvalue weighted by Gasteiger charge is -2.13. The van der Waals surface area contributed by atoms with E-state index in [4.69, 9.17) is 4.42 Å². The third-order valence-electron chi connectivity index (χ3n) is 4.07. The molecule has 0 saturated carbocycles. The quantitative estimate of drug-likeness (QED) is 0.470. The molecule has 2 amide bonds. The standard InChI is InChI=1S/C22H20N2O3S/c1-15-8-3-4-10-17(15)21(25)24-19(14-16-9-7-13-27-16)22(26)23-18-11-5-6-12-20(18)28-2/h3-14H,1-2H3,(H,23,26)(H,24,25)/b19-14-. The summed E-state index contributed by atoms with van der Waals surface area (Å²) in [6.07, 6.45) is 4.95. The van der Waals surface area contributed by atoms with Crippen LogP contribution in [0.4, 0.5) is 5.69 Å². The third kappa shape index (κ3) is 4.72. The van der Waals surface area contributed by atoms with Gasteiger partial charge in [-0.25, -0.2) is 0 Å². The molecule has 3 aromatic rings. The summed E-state index contributed by atoms with van der Waals surface area (Å²) in [5.41, 5.74) is 2.10. The molecule has 3 rings (SSSR count). The van der Waals surface area contributed by atoms with Crippen molar-refractivity contribution in [2.45, 2.75) is 11.8 Å². The van der Waals surface area contributed by atoms with Crippen molar-refractivity contribution >= 4 is 35.3 Å². The summed E-state index contributed by atoms with van der Waals surface area (Å²) in [7, 11) is 0. The Labute approximate surface area is 167 Å². The molecule has 1 aromatic heterocycles. The molecule has 0 bridgehead atoms. The zero-order valence-electron chi connectivity index (χ0n) is 15.6. The summed E-state index contributed by atoms with van der Waals surface area (Å²) >= 11 is 1.53. The van der Waals surface area contributed by atoms with Gasteiger partial charge in [-0.05, 0) is 49.1 Å². The number of aryl methyl sites for hydroxylation is 1. The summed E-state index contributed by atoms with van der Waals surface area (Å²) in [6, 6.07) is 18.1. The number of rotatable bonds is 6. The van der Waals surface area contributed by atoms with Gasteiger partial charge in [-0.1, -0.05) is 30.3 Å². The predicted octanol–water partition coefficient (Wildman–Crippen LogP) is 4.72. The fourth-order valence-electron chi connectivity index (χ4n) is 2.63. The van der Waals surface area contributed by atoms with Gasteiger partial charge in [0.25, 0.3) is 11.8 Å². The molecule has 0 spiro atoms. The highest BCUT2D eigenvalue weighted by molar-refractivity contribution is 7.98. The van der Waals surface area contributed by atoms with Gasteiger partial charge in [0.1, 0.15) is 11.5 Å². The van der Waals surface area contributed by atoms with Crippen LogP contribution in [0, 0.1) is 6.92 Å². The minimum atomic E-state index is -0.431. The lowest BCUT2D eigenvalue weighted by molar-refractivity contribution is -0.113. The zero-order valence-corrected chi connectivity index (χ0v) is 16.4. The Morgan fingerprint density at radius 3 is 2.46 bits per heavy atom. The van der Waals surface area contributed by atoms with Gasteiger partial charge < -0.3 is 15.1 Å². The van der Waals surface area contributed by atoms with Crippen molar-refractivity contribution in [3.05, 3.63) is 89.5 Å². The van der Waals surface area contributed by atoms with Gasteiger partial charge in [0.05, 0.1) is 12.0 Å². The van der Waals surface area contributed by atoms with Gasteiger partial charge in [-0.15, -0.1) is 11.8 Å². The van der Waals surface area contributed by atoms with Crippen LogP contribution in [0.1, 0.15) is 21.7 Å². The largest absolute Gasteiger partial charge is 0.465 e. The Kier molecular flexibility index (Phi) is 6.34. The highest BCUT2D eigenvalue weighted by Crippen LogP contribution is 2.25. The molecule has 2 N–H and O–H groups in total. The number of anilines is 1. The molecule has 0 saturated heterocycles. The lowest BCUT2D eigenvalue weighted by Crippen LogP contribution is -2.31. The minimum Gasteiger partial charge on any atom is -0.465 e. The summed E-state index contributed by atoms with van der Waals surface area (Å²) in [5.74, 6) is -0.322. The van der Waals surface area contributed by atoms with Gasteiger partial charge in [-0.2, -0.15) is 0 Å². The molecule has 28 heavy (non-hydrogen) atoms. The van der Waals surface area contributed by atoms with Crippen LogP contribution in [0.3, 0.4) is 0 Å². The Bertz CT molecular complexity index is 1010. The highest BCUT2D eigenvalue weighted by atomic mass is 32.2. The van der Waals surface area contributed by atoms with Gasteiger partial charge in [0.15, 0.2) is 0 Å². The molecular weight excluding hydrogens is 372 g/mol. The van der Waals surface area contributed by atoms with E-state index in [1.54, 1.807) is 24.3 Å². The number of benzene rings is 2. The van der Waals surface area contributed by atoms with Crippen molar-refractivity contribution < 1.29 is 14.0 Å². The number of hydrogen-bond acceptors (Lipinski definition) is 4. The van der Waals surface area contributed by atoms with Crippen LogP contribution in [0.25, 0.3) is 6.08 Å². The van der Waals surface area contributed by atoms with Crippen LogP contribution in [0.15, 0.2) is 81.9 Å². The monoisotopic (exact) mass is 392 g/mol. The Hall–Kier alpha value is -3.25. The van der Waals surface area contributed by atoms with Crippen LogP contribution >= 0.6 is 11.8 Å². The molecule has 2 aromatic carbocycles. The second-order valence-corrected chi connectivity index (χ2v) is 6.84. The van der Waals surface area contributed by atoms with Crippen LogP contribution in [-0.4, -0.2) is 18.1 Å². The molecule has 0 radical (unpaired) electrons. The average molecular weight is 392 g/mol. The van der Waals surface area contributed by atoms with E-state index in [9.17, 15) is 9.59 Å². The maximum Gasteiger partial charge on any atom is 0.272 e. The van der Waals surface area contributed by atoms with E-state index in [-0.39, 0.29) is 11.6 Å².